The number of benzene rings is 1. The molecule has 0 amide bonds. The molecule has 1 aromatic heterocycles. The summed E-state index contributed by atoms with van der Waals surface area (Å²) in [5.74, 6) is 0.799. The van der Waals surface area contributed by atoms with Crippen LogP contribution in [0, 0.1) is 10.1 Å². The predicted octanol–water partition coefficient (Wildman–Crippen LogP) is 2.68. The summed E-state index contributed by atoms with van der Waals surface area (Å²) < 4.78 is 12.2. The monoisotopic (exact) mass is 334 g/mol. The zero-order valence-corrected chi connectivity index (χ0v) is 14.3. The van der Waals surface area contributed by atoms with Gasteiger partial charge in [-0.3, -0.25) is 14.8 Å². The van der Waals surface area contributed by atoms with Crippen LogP contribution in [-0.2, 0) is 13.1 Å². The summed E-state index contributed by atoms with van der Waals surface area (Å²) in [6, 6.07) is 5.22. The summed E-state index contributed by atoms with van der Waals surface area (Å²) in [5.41, 5.74) is 1.40. The third-order valence-electron chi connectivity index (χ3n) is 3.60. The van der Waals surface area contributed by atoms with E-state index in [9.17, 15) is 10.1 Å². The smallest absolute Gasteiger partial charge is 0.277 e. The zero-order valence-electron chi connectivity index (χ0n) is 14.3. The van der Waals surface area contributed by atoms with Crippen molar-refractivity contribution in [2.24, 2.45) is 0 Å². The number of nitro groups is 1. The third kappa shape index (κ3) is 4.02. The highest BCUT2D eigenvalue weighted by atomic mass is 16.6. The molecular weight excluding hydrogens is 312 g/mol. The second-order valence-electron chi connectivity index (χ2n) is 5.58. The Morgan fingerprint density at radius 3 is 2.46 bits per heavy atom. The quantitative estimate of drug-likeness (QED) is 0.589. The first-order valence-corrected chi connectivity index (χ1v) is 7.60. The third-order valence-corrected chi connectivity index (χ3v) is 3.60. The number of ether oxygens (including phenoxy) is 2. The van der Waals surface area contributed by atoms with Gasteiger partial charge in [-0.15, -0.1) is 0 Å². The van der Waals surface area contributed by atoms with Crippen LogP contribution in [0.15, 0.2) is 24.4 Å². The molecule has 2 rings (SSSR count). The van der Waals surface area contributed by atoms with E-state index in [-0.39, 0.29) is 5.69 Å². The molecule has 8 nitrogen and oxygen atoms in total. The summed E-state index contributed by atoms with van der Waals surface area (Å²) in [5, 5.41) is 18.9. The Bertz CT molecular complexity index is 712. The van der Waals surface area contributed by atoms with Crippen LogP contribution in [0.3, 0.4) is 0 Å². The molecule has 8 heteroatoms. The molecule has 0 saturated carbocycles. The number of methoxy groups -OCH3 is 2. The maximum Gasteiger partial charge on any atom is 0.277 e. The largest absolute Gasteiger partial charge is 0.493 e. The van der Waals surface area contributed by atoms with E-state index in [0.717, 1.165) is 5.69 Å². The number of aromatic nitrogens is 2. The lowest BCUT2D eigenvalue weighted by atomic mass is 10.1. The molecule has 1 N–H and O–H groups in total. The fourth-order valence-electron chi connectivity index (χ4n) is 2.31. The molecule has 0 aliphatic rings. The van der Waals surface area contributed by atoms with Gasteiger partial charge in [0.25, 0.3) is 5.69 Å². The summed E-state index contributed by atoms with van der Waals surface area (Å²) in [7, 11) is 2.95. The molecule has 0 unspecified atom stereocenters. The van der Waals surface area contributed by atoms with Gasteiger partial charge in [-0.1, -0.05) is 0 Å². The zero-order chi connectivity index (χ0) is 17.7. The van der Waals surface area contributed by atoms with Gasteiger partial charge in [-0.25, -0.2) is 0 Å². The van der Waals surface area contributed by atoms with E-state index in [1.54, 1.807) is 6.07 Å². The molecule has 1 aromatic carbocycles. The molecule has 2 aromatic rings. The summed E-state index contributed by atoms with van der Waals surface area (Å²) in [4.78, 5) is 10.8. The second-order valence-corrected chi connectivity index (χ2v) is 5.58. The molecule has 0 spiro atoms. The van der Waals surface area contributed by atoms with Crippen LogP contribution in [-0.4, -0.2) is 28.9 Å². The van der Waals surface area contributed by atoms with Crippen LogP contribution >= 0.6 is 0 Å². The Morgan fingerprint density at radius 1 is 1.25 bits per heavy atom. The lowest BCUT2D eigenvalue weighted by molar-refractivity contribution is -0.385. The normalized spacial score (nSPS) is 10.9. The average molecular weight is 334 g/mol. The van der Waals surface area contributed by atoms with Crippen molar-refractivity contribution >= 4 is 5.69 Å². The van der Waals surface area contributed by atoms with Gasteiger partial charge >= 0.3 is 0 Å². The molecule has 0 bridgehead atoms. The van der Waals surface area contributed by atoms with E-state index in [2.05, 4.69) is 24.3 Å². The number of hydrogen-bond acceptors (Lipinski definition) is 6. The Kier molecular flexibility index (Phi) is 5.75. The van der Waals surface area contributed by atoms with Crippen molar-refractivity contribution in [1.29, 1.82) is 0 Å². The first-order chi connectivity index (χ1) is 11.5. The van der Waals surface area contributed by atoms with Gasteiger partial charge in [-0.2, -0.15) is 5.10 Å². The van der Waals surface area contributed by atoms with E-state index in [1.807, 2.05) is 16.9 Å². The molecule has 0 aliphatic carbocycles. The Balaban J connectivity index is 2.11. The van der Waals surface area contributed by atoms with E-state index < -0.39 is 4.92 Å². The fraction of sp³-hybridized carbons (Fsp3) is 0.438. The molecule has 24 heavy (non-hydrogen) atoms. The van der Waals surface area contributed by atoms with Crippen molar-refractivity contribution in [3.05, 3.63) is 45.8 Å². The number of nitrogens with one attached hydrogen (secondary N) is 1. The highest BCUT2D eigenvalue weighted by molar-refractivity contribution is 5.54. The highest BCUT2D eigenvalue weighted by Crippen LogP contribution is 2.34. The van der Waals surface area contributed by atoms with Crippen LogP contribution in [0.5, 0.6) is 11.5 Å². The minimum Gasteiger partial charge on any atom is -0.493 e. The van der Waals surface area contributed by atoms with Crippen molar-refractivity contribution in [3.63, 3.8) is 0 Å². The molecule has 130 valence electrons. The van der Waals surface area contributed by atoms with Crippen molar-refractivity contribution in [2.75, 3.05) is 14.2 Å². The Hall–Kier alpha value is -2.61. The van der Waals surface area contributed by atoms with Crippen molar-refractivity contribution in [2.45, 2.75) is 33.0 Å². The van der Waals surface area contributed by atoms with Crippen LogP contribution in [0.2, 0.25) is 0 Å². The molecular formula is C16H22N4O4. The van der Waals surface area contributed by atoms with Crippen molar-refractivity contribution in [1.82, 2.24) is 15.1 Å². The van der Waals surface area contributed by atoms with Gasteiger partial charge in [-0.05, 0) is 26.0 Å². The Labute approximate surface area is 140 Å². The summed E-state index contributed by atoms with van der Waals surface area (Å²) >= 11 is 0. The number of rotatable bonds is 8. The van der Waals surface area contributed by atoms with E-state index in [4.69, 9.17) is 9.47 Å². The van der Waals surface area contributed by atoms with Gasteiger partial charge < -0.3 is 14.8 Å². The van der Waals surface area contributed by atoms with Gasteiger partial charge in [0.05, 0.1) is 30.9 Å². The van der Waals surface area contributed by atoms with Crippen molar-refractivity contribution < 1.29 is 14.4 Å². The van der Waals surface area contributed by atoms with E-state index >= 15 is 0 Å². The number of nitrogens with zero attached hydrogens (tertiary/aromatic N) is 3. The number of hydrogen-bond donors (Lipinski definition) is 1. The van der Waals surface area contributed by atoms with E-state index in [1.165, 1.54) is 20.3 Å². The maximum absolute atomic E-state index is 11.3. The molecule has 0 aliphatic heterocycles. The van der Waals surface area contributed by atoms with Crippen LogP contribution in [0.25, 0.3) is 0 Å². The topological polar surface area (TPSA) is 91.5 Å². The van der Waals surface area contributed by atoms with Gasteiger partial charge in [0.2, 0.25) is 0 Å². The molecule has 0 radical (unpaired) electrons. The second kappa shape index (κ2) is 7.78. The van der Waals surface area contributed by atoms with E-state index in [0.29, 0.717) is 36.2 Å². The average Bonchev–Trinajstić information content (AvgIpc) is 3.03. The van der Waals surface area contributed by atoms with Crippen LogP contribution < -0.4 is 14.8 Å². The lowest BCUT2D eigenvalue weighted by Crippen LogP contribution is -2.15. The van der Waals surface area contributed by atoms with Crippen LogP contribution in [0.1, 0.15) is 31.1 Å². The van der Waals surface area contributed by atoms with Gasteiger partial charge in [0.15, 0.2) is 11.5 Å². The summed E-state index contributed by atoms with van der Waals surface area (Å²) in [6.45, 7) is 4.95. The molecule has 1 heterocycles. The maximum atomic E-state index is 11.3. The predicted molar refractivity (Wildman–Crippen MR) is 89.4 cm³/mol. The number of nitro benzene ring substituents is 1. The summed E-state index contributed by atoms with van der Waals surface area (Å²) in [6.07, 6.45) is 1.92. The first kappa shape index (κ1) is 17.7. The highest BCUT2D eigenvalue weighted by Gasteiger charge is 2.19. The molecule has 0 fully saturated rings. The van der Waals surface area contributed by atoms with Gasteiger partial charge in [0.1, 0.15) is 0 Å². The fourth-order valence-corrected chi connectivity index (χ4v) is 2.31. The Morgan fingerprint density at radius 2 is 1.92 bits per heavy atom. The lowest BCUT2D eigenvalue weighted by Gasteiger charge is -2.11. The van der Waals surface area contributed by atoms with Crippen LogP contribution in [0.4, 0.5) is 5.69 Å². The van der Waals surface area contributed by atoms with Gasteiger partial charge in [0, 0.05) is 30.9 Å². The molecule has 0 saturated heterocycles. The minimum atomic E-state index is -0.424. The SMILES string of the molecule is COc1cc(CNCc2ccn(C(C)C)n2)c([N+](=O)[O-])cc1OC. The minimum absolute atomic E-state index is 0.00661. The first-order valence-electron chi connectivity index (χ1n) is 7.60. The van der Waals surface area contributed by atoms with Crippen molar-refractivity contribution in [3.8, 4) is 11.5 Å². The standard InChI is InChI=1S/C16H22N4O4/c1-11(2)19-6-5-13(18-19)10-17-9-12-7-15(23-3)16(24-4)8-14(12)20(21)22/h5-8,11,17H,9-10H2,1-4H3. The molecule has 0 atom stereocenters.